The fourth-order valence-electron chi connectivity index (χ4n) is 3.81. The van der Waals surface area contributed by atoms with Crippen LogP contribution in [0.5, 0.6) is 0 Å². The Morgan fingerprint density at radius 2 is 2.18 bits per heavy atom. The number of rotatable bonds is 5. The highest BCUT2D eigenvalue weighted by molar-refractivity contribution is 6.04. The van der Waals surface area contributed by atoms with Gasteiger partial charge in [-0.15, -0.1) is 0 Å². The van der Waals surface area contributed by atoms with Gasteiger partial charge in [0.1, 0.15) is 11.2 Å². The number of hydrogen-bond acceptors (Lipinski definition) is 5. The second kappa shape index (κ2) is 8.04. The number of amides is 1. The number of ether oxygens (including phenoxy) is 1. The van der Waals surface area contributed by atoms with Gasteiger partial charge in [0.05, 0.1) is 11.8 Å². The van der Waals surface area contributed by atoms with Gasteiger partial charge in [-0.05, 0) is 45.8 Å². The maximum Gasteiger partial charge on any atom is 0.342 e. The van der Waals surface area contributed by atoms with Crippen LogP contribution in [0, 0.1) is 0 Å². The van der Waals surface area contributed by atoms with Crippen molar-refractivity contribution in [2.45, 2.75) is 51.8 Å². The standard InChI is InChI=1S/C21H28N4O3/c1-6-18(26)25-12-15(8-7-14(25)4)24(5)19-16-9-10-22-20(16)23-11-17(19)21(27)28-13(2)3/h6,9-11,13-15H,1,7-8,12H2,2-5H3,(H,22,23). The highest BCUT2D eigenvalue weighted by Crippen LogP contribution is 2.33. The maximum absolute atomic E-state index is 12.7. The van der Waals surface area contributed by atoms with Crippen LogP contribution < -0.4 is 4.90 Å². The van der Waals surface area contributed by atoms with E-state index < -0.39 is 5.97 Å². The van der Waals surface area contributed by atoms with Gasteiger partial charge in [-0.3, -0.25) is 4.79 Å². The van der Waals surface area contributed by atoms with E-state index >= 15 is 0 Å². The van der Waals surface area contributed by atoms with E-state index in [1.54, 1.807) is 6.20 Å². The molecule has 0 spiro atoms. The number of piperidine rings is 1. The van der Waals surface area contributed by atoms with Crippen LogP contribution in [-0.4, -0.2) is 58.5 Å². The lowest BCUT2D eigenvalue weighted by atomic mass is 9.97. The topological polar surface area (TPSA) is 78.5 Å². The van der Waals surface area contributed by atoms with Gasteiger partial charge in [-0.1, -0.05) is 6.58 Å². The van der Waals surface area contributed by atoms with Crippen molar-refractivity contribution in [2.75, 3.05) is 18.5 Å². The number of pyridine rings is 1. The van der Waals surface area contributed by atoms with Crippen molar-refractivity contribution in [3.8, 4) is 0 Å². The highest BCUT2D eigenvalue weighted by atomic mass is 16.5. The molecular formula is C21H28N4O3. The van der Waals surface area contributed by atoms with Crippen molar-refractivity contribution in [3.63, 3.8) is 0 Å². The number of fused-ring (bicyclic) bond motifs is 1. The van der Waals surface area contributed by atoms with Crippen molar-refractivity contribution in [3.05, 3.63) is 36.7 Å². The Hall–Kier alpha value is -2.83. The molecule has 0 bridgehead atoms. The summed E-state index contributed by atoms with van der Waals surface area (Å²) in [5.74, 6) is -0.456. The van der Waals surface area contributed by atoms with Crippen LogP contribution in [0.2, 0.25) is 0 Å². The minimum atomic E-state index is -0.393. The Morgan fingerprint density at radius 3 is 2.86 bits per heavy atom. The Morgan fingerprint density at radius 1 is 1.43 bits per heavy atom. The summed E-state index contributed by atoms with van der Waals surface area (Å²) in [6, 6.07) is 2.16. The number of H-pyrrole nitrogens is 1. The third-order valence-corrected chi connectivity index (χ3v) is 5.34. The molecule has 3 heterocycles. The quantitative estimate of drug-likeness (QED) is 0.633. The first-order valence-corrected chi connectivity index (χ1v) is 9.66. The molecule has 2 atom stereocenters. The summed E-state index contributed by atoms with van der Waals surface area (Å²) < 4.78 is 5.44. The molecule has 7 heteroatoms. The Kier molecular flexibility index (Phi) is 5.72. The normalized spacial score (nSPS) is 19.7. The number of nitrogens with one attached hydrogen (secondary N) is 1. The van der Waals surface area contributed by atoms with E-state index in [2.05, 4.69) is 28.4 Å². The summed E-state index contributed by atoms with van der Waals surface area (Å²) in [6.07, 6.45) is 6.33. The smallest absolute Gasteiger partial charge is 0.342 e. The summed E-state index contributed by atoms with van der Waals surface area (Å²) in [4.78, 5) is 36.4. The minimum absolute atomic E-state index is 0.0634. The van der Waals surface area contributed by atoms with Crippen molar-refractivity contribution < 1.29 is 14.3 Å². The molecule has 1 aliphatic rings. The monoisotopic (exact) mass is 384 g/mol. The Bertz CT molecular complexity index is 889. The molecule has 28 heavy (non-hydrogen) atoms. The van der Waals surface area contributed by atoms with E-state index in [0.717, 1.165) is 23.9 Å². The van der Waals surface area contributed by atoms with E-state index in [9.17, 15) is 9.59 Å². The molecule has 1 aliphatic heterocycles. The number of nitrogens with zero attached hydrogens (tertiary/aromatic N) is 3. The number of carbonyl (C=O) groups is 2. The van der Waals surface area contributed by atoms with Gasteiger partial charge in [0.2, 0.25) is 5.91 Å². The first-order chi connectivity index (χ1) is 13.3. The second-order valence-electron chi connectivity index (χ2n) is 7.60. The zero-order valence-corrected chi connectivity index (χ0v) is 16.9. The summed E-state index contributed by atoms with van der Waals surface area (Å²) in [7, 11) is 1.96. The van der Waals surface area contributed by atoms with Gasteiger partial charge in [0, 0.05) is 43.5 Å². The van der Waals surface area contributed by atoms with Gasteiger partial charge >= 0.3 is 5.97 Å². The largest absolute Gasteiger partial charge is 0.459 e. The lowest BCUT2D eigenvalue weighted by Crippen LogP contribution is -2.52. The third kappa shape index (κ3) is 3.74. The van der Waals surface area contributed by atoms with Crippen molar-refractivity contribution in [2.24, 2.45) is 0 Å². The fourth-order valence-corrected chi connectivity index (χ4v) is 3.81. The van der Waals surface area contributed by atoms with E-state index in [-0.39, 0.29) is 24.1 Å². The molecule has 1 amide bonds. The first-order valence-electron chi connectivity index (χ1n) is 9.66. The molecule has 0 aromatic carbocycles. The first kappa shape index (κ1) is 19.9. The van der Waals surface area contributed by atoms with E-state index in [1.807, 2.05) is 38.1 Å². The SMILES string of the molecule is C=CC(=O)N1CC(N(C)c2c(C(=O)OC(C)C)cnc3[nH]ccc23)CCC1C. The molecule has 150 valence electrons. The van der Waals surface area contributed by atoms with Crippen LogP contribution >= 0.6 is 0 Å². The second-order valence-corrected chi connectivity index (χ2v) is 7.60. The van der Waals surface area contributed by atoms with Crippen LogP contribution in [-0.2, 0) is 9.53 Å². The van der Waals surface area contributed by atoms with Crippen LogP contribution in [0.4, 0.5) is 5.69 Å². The molecule has 1 saturated heterocycles. The number of esters is 1. The number of likely N-dealkylation sites (tertiary alicyclic amines) is 1. The molecule has 2 aromatic rings. The summed E-state index contributed by atoms with van der Waals surface area (Å²) in [6.45, 7) is 9.90. The number of carbonyl (C=O) groups excluding carboxylic acids is 2. The number of anilines is 1. The summed E-state index contributed by atoms with van der Waals surface area (Å²) in [5, 5.41) is 0.862. The zero-order chi connectivity index (χ0) is 20.4. The van der Waals surface area contributed by atoms with Gasteiger partial charge in [0.25, 0.3) is 0 Å². The van der Waals surface area contributed by atoms with Crippen LogP contribution in [0.25, 0.3) is 11.0 Å². The maximum atomic E-state index is 12.7. The molecule has 1 N–H and O–H groups in total. The lowest BCUT2D eigenvalue weighted by Gasteiger charge is -2.42. The van der Waals surface area contributed by atoms with Gasteiger partial charge < -0.3 is 19.5 Å². The number of aromatic nitrogens is 2. The minimum Gasteiger partial charge on any atom is -0.459 e. The average Bonchev–Trinajstić information content (AvgIpc) is 3.14. The Balaban J connectivity index is 1.99. The number of hydrogen-bond donors (Lipinski definition) is 1. The predicted molar refractivity (Wildman–Crippen MR) is 109 cm³/mol. The lowest BCUT2D eigenvalue weighted by molar-refractivity contribution is -0.129. The molecule has 2 unspecified atom stereocenters. The third-order valence-electron chi connectivity index (χ3n) is 5.34. The summed E-state index contributed by atoms with van der Waals surface area (Å²) in [5.41, 5.74) is 1.93. The van der Waals surface area contributed by atoms with Crippen molar-refractivity contribution >= 4 is 28.6 Å². The molecule has 3 rings (SSSR count). The number of aromatic amines is 1. The molecule has 1 fully saturated rings. The van der Waals surface area contributed by atoms with Crippen molar-refractivity contribution in [1.29, 1.82) is 0 Å². The molecular weight excluding hydrogens is 356 g/mol. The highest BCUT2D eigenvalue weighted by Gasteiger charge is 2.32. The zero-order valence-electron chi connectivity index (χ0n) is 16.9. The van der Waals surface area contributed by atoms with E-state index in [0.29, 0.717) is 17.8 Å². The van der Waals surface area contributed by atoms with Gasteiger partial charge in [-0.25, -0.2) is 9.78 Å². The van der Waals surface area contributed by atoms with Crippen LogP contribution in [0.3, 0.4) is 0 Å². The van der Waals surface area contributed by atoms with E-state index in [1.165, 1.54) is 6.08 Å². The fraction of sp³-hybridized carbons (Fsp3) is 0.476. The summed E-state index contributed by atoms with van der Waals surface area (Å²) >= 11 is 0. The van der Waals surface area contributed by atoms with E-state index in [4.69, 9.17) is 4.74 Å². The van der Waals surface area contributed by atoms with Crippen molar-refractivity contribution in [1.82, 2.24) is 14.9 Å². The van der Waals surface area contributed by atoms with Crippen LogP contribution in [0.1, 0.15) is 44.0 Å². The Labute approximate surface area is 165 Å². The van der Waals surface area contributed by atoms with Gasteiger partial charge in [-0.2, -0.15) is 0 Å². The predicted octanol–water partition coefficient (Wildman–Crippen LogP) is 3.13. The molecule has 2 aromatic heterocycles. The molecule has 0 aliphatic carbocycles. The van der Waals surface area contributed by atoms with Crippen LogP contribution in [0.15, 0.2) is 31.1 Å². The molecule has 0 radical (unpaired) electrons. The van der Waals surface area contributed by atoms with Gasteiger partial charge in [0.15, 0.2) is 0 Å². The number of likely N-dealkylation sites (N-methyl/N-ethyl adjacent to an activating group) is 1. The average molecular weight is 384 g/mol. The molecule has 7 nitrogen and oxygen atoms in total. The molecule has 0 saturated carbocycles.